The molecule has 4 heteroatoms. The summed E-state index contributed by atoms with van der Waals surface area (Å²) in [6.45, 7) is 7.44. The summed E-state index contributed by atoms with van der Waals surface area (Å²) in [6.07, 6.45) is 5.11. The largest absolute Gasteiger partial charge is 0.376 e. The van der Waals surface area contributed by atoms with Gasteiger partial charge in [0.25, 0.3) is 0 Å². The normalized spacial score (nSPS) is 33.1. The van der Waals surface area contributed by atoms with Crippen molar-refractivity contribution in [3.63, 3.8) is 0 Å². The van der Waals surface area contributed by atoms with Crippen molar-refractivity contribution in [2.45, 2.75) is 51.7 Å². The molecule has 1 aliphatic carbocycles. The van der Waals surface area contributed by atoms with Crippen molar-refractivity contribution in [1.29, 1.82) is 0 Å². The first-order chi connectivity index (χ1) is 9.06. The average Bonchev–Trinajstić information content (AvgIpc) is 2.39. The van der Waals surface area contributed by atoms with Gasteiger partial charge in [0, 0.05) is 26.2 Å². The average molecular weight is 268 g/mol. The molecular weight excluding hydrogens is 240 g/mol. The summed E-state index contributed by atoms with van der Waals surface area (Å²) in [7, 11) is 1.98. The molecule has 0 radical (unpaired) electrons. The molecule has 1 atom stereocenters. The molecule has 1 aliphatic heterocycles. The Morgan fingerprint density at radius 3 is 2.58 bits per heavy atom. The van der Waals surface area contributed by atoms with E-state index in [9.17, 15) is 4.79 Å². The number of ether oxygens (including phenoxy) is 1. The highest BCUT2D eigenvalue weighted by molar-refractivity contribution is 5.78. The maximum absolute atomic E-state index is 12.3. The molecule has 1 saturated heterocycles. The molecule has 0 aromatic rings. The highest BCUT2D eigenvalue weighted by Crippen LogP contribution is 2.26. The molecule has 1 heterocycles. The minimum Gasteiger partial charge on any atom is -0.376 e. The lowest BCUT2D eigenvalue weighted by molar-refractivity contribution is -0.135. The minimum atomic E-state index is 0.252. The molecule has 0 N–H and O–H groups in total. The van der Waals surface area contributed by atoms with E-state index < -0.39 is 0 Å². The van der Waals surface area contributed by atoms with Crippen LogP contribution in [0.3, 0.4) is 0 Å². The lowest BCUT2D eigenvalue weighted by atomic mass is 9.87. The highest BCUT2D eigenvalue weighted by atomic mass is 16.5. The van der Waals surface area contributed by atoms with Gasteiger partial charge < -0.3 is 9.64 Å². The van der Waals surface area contributed by atoms with Gasteiger partial charge in [-0.2, -0.15) is 0 Å². The molecule has 1 unspecified atom stereocenters. The van der Waals surface area contributed by atoms with E-state index in [1.807, 2.05) is 11.9 Å². The van der Waals surface area contributed by atoms with Gasteiger partial charge in [-0.05, 0) is 38.5 Å². The van der Waals surface area contributed by atoms with Gasteiger partial charge in [0.05, 0.1) is 19.3 Å². The van der Waals surface area contributed by atoms with Crippen LogP contribution in [0.2, 0.25) is 0 Å². The summed E-state index contributed by atoms with van der Waals surface area (Å²) in [6, 6.07) is 0.460. The predicted molar refractivity (Wildman–Crippen MR) is 76.0 cm³/mol. The first-order valence-corrected chi connectivity index (χ1v) is 7.66. The first kappa shape index (κ1) is 14.8. The van der Waals surface area contributed by atoms with Gasteiger partial charge in [-0.3, -0.25) is 9.69 Å². The smallest absolute Gasteiger partial charge is 0.236 e. The Kier molecular flexibility index (Phi) is 5.22. The van der Waals surface area contributed by atoms with Crippen LogP contribution in [-0.4, -0.2) is 61.1 Å². The number of rotatable bonds is 3. The molecule has 4 nitrogen and oxygen atoms in total. The maximum atomic E-state index is 12.3. The fraction of sp³-hybridized carbons (Fsp3) is 0.933. The first-order valence-electron chi connectivity index (χ1n) is 7.66. The Hall–Kier alpha value is -0.610. The molecule has 0 aromatic heterocycles. The summed E-state index contributed by atoms with van der Waals surface area (Å²) in [5.74, 6) is 1.11. The second-order valence-electron chi connectivity index (χ2n) is 6.33. The van der Waals surface area contributed by atoms with Gasteiger partial charge in [0.15, 0.2) is 0 Å². The number of carbonyl (C=O) groups excluding carboxylic acids is 1. The van der Waals surface area contributed by atoms with Crippen LogP contribution in [0.25, 0.3) is 0 Å². The van der Waals surface area contributed by atoms with Crippen LogP contribution < -0.4 is 0 Å². The monoisotopic (exact) mass is 268 g/mol. The van der Waals surface area contributed by atoms with E-state index in [0.717, 1.165) is 25.6 Å². The highest BCUT2D eigenvalue weighted by Gasteiger charge is 2.26. The zero-order chi connectivity index (χ0) is 13.8. The van der Waals surface area contributed by atoms with Gasteiger partial charge in [-0.15, -0.1) is 0 Å². The minimum absolute atomic E-state index is 0.252. The third-order valence-corrected chi connectivity index (χ3v) is 4.61. The molecule has 2 rings (SSSR count). The summed E-state index contributed by atoms with van der Waals surface area (Å²) in [5.41, 5.74) is 0. The Morgan fingerprint density at radius 2 is 1.95 bits per heavy atom. The van der Waals surface area contributed by atoms with Crippen LogP contribution in [0, 0.1) is 5.92 Å². The molecule has 2 fully saturated rings. The molecule has 19 heavy (non-hydrogen) atoms. The van der Waals surface area contributed by atoms with Crippen LogP contribution in [-0.2, 0) is 9.53 Å². The van der Waals surface area contributed by atoms with Crippen molar-refractivity contribution in [2.75, 3.05) is 33.3 Å². The second-order valence-corrected chi connectivity index (χ2v) is 6.33. The van der Waals surface area contributed by atoms with Gasteiger partial charge in [0.1, 0.15) is 0 Å². The molecule has 0 spiro atoms. The number of morpholine rings is 1. The SMILES string of the molecule is CC1CCC(N(C)C(=O)CN2CCOC(C)C2)CC1. The lowest BCUT2D eigenvalue weighted by Crippen LogP contribution is -2.48. The summed E-state index contributed by atoms with van der Waals surface area (Å²) in [4.78, 5) is 16.6. The standard InChI is InChI=1S/C15H28N2O2/c1-12-4-6-14(7-5-12)16(3)15(18)11-17-8-9-19-13(2)10-17/h12-14H,4-11H2,1-3H3. The number of hydrogen-bond donors (Lipinski definition) is 0. The topological polar surface area (TPSA) is 32.8 Å². The second kappa shape index (κ2) is 6.71. The summed E-state index contributed by atoms with van der Waals surface area (Å²) < 4.78 is 5.51. The molecule has 110 valence electrons. The van der Waals surface area contributed by atoms with Gasteiger partial charge in [-0.25, -0.2) is 0 Å². The number of likely N-dealkylation sites (N-methyl/N-ethyl adjacent to an activating group) is 1. The van der Waals surface area contributed by atoms with Crippen molar-refractivity contribution in [3.05, 3.63) is 0 Å². The fourth-order valence-corrected chi connectivity index (χ4v) is 3.17. The van der Waals surface area contributed by atoms with Crippen molar-refractivity contribution >= 4 is 5.91 Å². The molecular formula is C15H28N2O2. The Balaban J connectivity index is 1.78. The van der Waals surface area contributed by atoms with Crippen molar-refractivity contribution in [3.8, 4) is 0 Å². The fourth-order valence-electron chi connectivity index (χ4n) is 3.17. The van der Waals surface area contributed by atoms with E-state index in [0.29, 0.717) is 12.6 Å². The van der Waals surface area contributed by atoms with E-state index >= 15 is 0 Å². The molecule has 2 aliphatic rings. The maximum Gasteiger partial charge on any atom is 0.236 e. The van der Waals surface area contributed by atoms with Crippen LogP contribution in [0.5, 0.6) is 0 Å². The van der Waals surface area contributed by atoms with Gasteiger partial charge >= 0.3 is 0 Å². The van der Waals surface area contributed by atoms with Gasteiger partial charge in [-0.1, -0.05) is 6.92 Å². The van der Waals surface area contributed by atoms with E-state index in [1.54, 1.807) is 0 Å². The van der Waals surface area contributed by atoms with Crippen molar-refractivity contribution < 1.29 is 9.53 Å². The molecule has 0 aromatic carbocycles. The molecule has 1 amide bonds. The van der Waals surface area contributed by atoms with Crippen LogP contribution in [0.1, 0.15) is 39.5 Å². The van der Waals surface area contributed by atoms with E-state index in [1.165, 1.54) is 25.7 Å². The number of nitrogens with zero attached hydrogens (tertiary/aromatic N) is 2. The summed E-state index contributed by atoms with van der Waals surface area (Å²) in [5, 5.41) is 0. The molecule has 1 saturated carbocycles. The number of hydrogen-bond acceptors (Lipinski definition) is 3. The number of carbonyl (C=O) groups is 1. The van der Waals surface area contributed by atoms with E-state index in [4.69, 9.17) is 4.74 Å². The van der Waals surface area contributed by atoms with Crippen LogP contribution in [0.15, 0.2) is 0 Å². The van der Waals surface area contributed by atoms with Crippen LogP contribution in [0.4, 0.5) is 0 Å². The Morgan fingerprint density at radius 1 is 1.26 bits per heavy atom. The van der Waals surface area contributed by atoms with Crippen molar-refractivity contribution in [2.24, 2.45) is 5.92 Å². The predicted octanol–water partition coefficient (Wildman–Crippen LogP) is 1.74. The lowest BCUT2D eigenvalue weighted by Gasteiger charge is -2.36. The zero-order valence-corrected chi connectivity index (χ0v) is 12.6. The van der Waals surface area contributed by atoms with Crippen molar-refractivity contribution in [1.82, 2.24) is 9.80 Å². The van der Waals surface area contributed by atoms with Crippen LogP contribution >= 0.6 is 0 Å². The summed E-state index contributed by atoms with van der Waals surface area (Å²) >= 11 is 0. The van der Waals surface area contributed by atoms with Gasteiger partial charge in [0.2, 0.25) is 5.91 Å². The molecule has 0 bridgehead atoms. The zero-order valence-electron chi connectivity index (χ0n) is 12.6. The van der Waals surface area contributed by atoms with E-state index in [2.05, 4.69) is 18.7 Å². The number of amides is 1. The Bertz CT molecular complexity index is 301. The third-order valence-electron chi connectivity index (χ3n) is 4.61. The quantitative estimate of drug-likeness (QED) is 0.781. The Labute approximate surface area is 117 Å². The third kappa shape index (κ3) is 4.18. The van der Waals surface area contributed by atoms with E-state index in [-0.39, 0.29) is 12.0 Å².